The van der Waals surface area contributed by atoms with Crippen LogP contribution in [0.4, 0.5) is 17.1 Å². The minimum absolute atomic E-state index is 0.0459. The molecule has 0 aliphatic carbocycles. The van der Waals surface area contributed by atoms with E-state index in [1.54, 1.807) is 0 Å². The molecular weight excluding hydrogens is 362 g/mol. The van der Waals surface area contributed by atoms with E-state index in [0.717, 1.165) is 39.4 Å². The number of amides is 2. The first kappa shape index (κ1) is 17.3. The van der Waals surface area contributed by atoms with Crippen molar-refractivity contribution in [2.24, 2.45) is 0 Å². The molecule has 0 fully saturated rings. The Morgan fingerprint density at radius 2 is 1.59 bits per heavy atom. The summed E-state index contributed by atoms with van der Waals surface area (Å²) in [5.41, 5.74) is 6.83. The maximum absolute atomic E-state index is 12.8. The molecule has 0 saturated heterocycles. The molecule has 3 aromatic carbocycles. The predicted molar refractivity (Wildman–Crippen MR) is 115 cm³/mol. The second-order valence-corrected chi connectivity index (χ2v) is 7.16. The molecule has 3 N–H and O–H groups in total. The lowest BCUT2D eigenvalue weighted by Gasteiger charge is -2.19. The summed E-state index contributed by atoms with van der Waals surface area (Å²) in [5, 5.41) is 9.33. The van der Waals surface area contributed by atoms with Gasteiger partial charge in [-0.1, -0.05) is 48.5 Å². The van der Waals surface area contributed by atoms with Crippen LogP contribution in [0, 0.1) is 0 Å². The van der Waals surface area contributed by atoms with Gasteiger partial charge in [0.25, 0.3) is 5.91 Å². The normalized spacial score (nSPS) is 16.4. The largest absolute Gasteiger partial charge is 0.354 e. The average molecular weight is 381 g/mol. The number of aryl methyl sites for hydroxylation is 1. The molecule has 5 heteroatoms. The number of benzene rings is 3. The lowest BCUT2D eigenvalue weighted by atomic mass is 9.99. The van der Waals surface area contributed by atoms with Crippen molar-refractivity contribution in [1.29, 1.82) is 0 Å². The Hall–Kier alpha value is -3.86. The summed E-state index contributed by atoms with van der Waals surface area (Å²) >= 11 is 0. The minimum atomic E-state index is -0.122. The van der Waals surface area contributed by atoms with E-state index in [4.69, 9.17) is 0 Å². The van der Waals surface area contributed by atoms with E-state index in [-0.39, 0.29) is 11.8 Å². The van der Waals surface area contributed by atoms with Crippen LogP contribution in [-0.2, 0) is 16.0 Å². The van der Waals surface area contributed by atoms with Crippen molar-refractivity contribution < 1.29 is 9.59 Å². The van der Waals surface area contributed by atoms with Crippen molar-refractivity contribution in [1.82, 2.24) is 0 Å². The number of carbonyl (C=O) groups excluding carboxylic acids is 2. The summed E-state index contributed by atoms with van der Waals surface area (Å²) in [6, 6.07) is 23.4. The van der Waals surface area contributed by atoms with Gasteiger partial charge in [-0.15, -0.1) is 0 Å². The van der Waals surface area contributed by atoms with E-state index in [0.29, 0.717) is 18.4 Å². The van der Waals surface area contributed by atoms with Crippen molar-refractivity contribution >= 4 is 40.1 Å². The topological polar surface area (TPSA) is 70.2 Å². The van der Waals surface area contributed by atoms with Crippen molar-refractivity contribution in [2.45, 2.75) is 12.8 Å². The van der Waals surface area contributed by atoms with Gasteiger partial charge in [0, 0.05) is 29.0 Å². The maximum atomic E-state index is 12.8. The average Bonchev–Trinajstić information content (AvgIpc) is 3.08. The van der Waals surface area contributed by atoms with Crippen LogP contribution in [-0.4, -0.2) is 11.8 Å². The first-order chi connectivity index (χ1) is 14.2. The van der Waals surface area contributed by atoms with Gasteiger partial charge in [-0.3, -0.25) is 9.59 Å². The van der Waals surface area contributed by atoms with Crippen LogP contribution < -0.4 is 16.0 Å². The fourth-order valence-corrected chi connectivity index (χ4v) is 3.85. The molecule has 29 heavy (non-hydrogen) atoms. The van der Waals surface area contributed by atoms with Crippen LogP contribution in [0.1, 0.15) is 23.1 Å². The second kappa shape index (κ2) is 6.95. The van der Waals surface area contributed by atoms with Gasteiger partial charge in [0.2, 0.25) is 5.91 Å². The summed E-state index contributed by atoms with van der Waals surface area (Å²) in [7, 11) is 0. The summed E-state index contributed by atoms with van der Waals surface area (Å²) in [6.45, 7) is 0. The number of nitrogens with one attached hydrogen (secondary N) is 3. The molecule has 0 spiro atoms. The molecule has 3 aromatic rings. The third kappa shape index (κ3) is 3.17. The van der Waals surface area contributed by atoms with E-state index in [9.17, 15) is 9.59 Å². The third-order valence-corrected chi connectivity index (χ3v) is 5.25. The third-order valence-electron chi connectivity index (χ3n) is 5.25. The van der Waals surface area contributed by atoms with Gasteiger partial charge in [0.1, 0.15) is 0 Å². The molecule has 0 saturated carbocycles. The zero-order chi connectivity index (χ0) is 19.8. The van der Waals surface area contributed by atoms with E-state index in [1.807, 2.05) is 72.8 Å². The highest BCUT2D eigenvalue weighted by Gasteiger charge is 2.28. The molecule has 142 valence electrons. The van der Waals surface area contributed by atoms with Crippen LogP contribution >= 0.6 is 0 Å². The molecule has 0 atom stereocenters. The maximum Gasteiger partial charge on any atom is 0.258 e. The van der Waals surface area contributed by atoms with Crippen LogP contribution in [0.3, 0.4) is 0 Å². The molecule has 5 nitrogen and oxygen atoms in total. The lowest BCUT2D eigenvalue weighted by Crippen LogP contribution is -2.19. The molecule has 0 radical (unpaired) electrons. The Morgan fingerprint density at radius 3 is 2.45 bits per heavy atom. The lowest BCUT2D eigenvalue weighted by molar-refractivity contribution is -0.116. The van der Waals surface area contributed by atoms with Crippen LogP contribution in [0.5, 0.6) is 0 Å². The first-order valence-corrected chi connectivity index (χ1v) is 9.59. The van der Waals surface area contributed by atoms with E-state index in [1.165, 1.54) is 0 Å². The minimum Gasteiger partial charge on any atom is -0.354 e. The number of rotatable bonds is 3. The summed E-state index contributed by atoms with van der Waals surface area (Å²) < 4.78 is 0. The van der Waals surface area contributed by atoms with Gasteiger partial charge in [-0.25, -0.2) is 0 Å². The van der Waals surface area contributed by atoms with E-state index in [2.05, 4.69) is 16.0 Å². The highest BCUT2D eigenvalue weighted by Crippen LogP contribution is 2.37. The van der Waals surface area contributed by atoms with Gasteiger partial charge in [0.15, 0.2) is 0 Å². The Labute approximate surface area is 168 Å². The number of hydrogen-bond acceptors (Lipinski definition) is 3. The van der Waals surface area contributed by atoms with Gasteiger partial charge in [-0.05, 0) is 41.8 Å². The zero-order valence-corrected chi connectivity index (χ0v) is 15.7. The SMILES string of the molecule is O=C1CCc2cc(N/C(=C3\C(=O)Nc4ccccc43)c3ccccc3)ccc2N1. The smallest absolute Gasteiger partial charge is 0.258 e. The zero-order valence-electron chi connectivity index (χ0n) is 15.7. The van der Waals surface area contributed by atoms with Crippen molar-refractivity contribution in [3.8, 4) is 0 Å². The van der Waals surface area contributed by atoms with Crippen LogP contribution in [0.25, 0.3) is 11.3 Å². The Kier molecular flexibility index (Phi) is 4.13. The summed E-state index contributed by atoms with van der Waals surface area (Å²) in [6.07, 6.45) is 1.19. The first-order valence-electron chi connectivity index (χ1n) is 9.59. The summed E-state index contributed by atoms with van der Waals surface area (Å²) in [4.78, 5) is 24.5. The number of para-hydroxylation sites is 1. The Bertz CT molecular complexity index is 1170. The molecule has 0 aromatic heterocycles. The standard InChI is InChI=1S/C24H19N3O2/c28-21-13-10-16-14-17(11-12-19(16)26-21)25-23(15-6-2-1-3-7-15)22-18-8-4-5-9-20(18)27-24(22)29/h1-9,11-12,14,25H,10,13H2,(H,26,28)(H,27,29)/b23-22-. The fraction of sp³-hybridized carbons (Fsp3) is 0.0833. The molecule has 2 heterocycles. The second-order valence-electron chi connectivity index (χ2n) is 7.16. The molecule has 0 bridgehead atoms. The quantitative estimate of drug-likeness (QED) is 0.585. The van der Waals surface area contributed by atoms with Crippen molar-refractivity contribution in [3.05, 3.63) is 89.5 Å². The number of carbonyl (C=O) groups is 2. The molecular formula is C24H19N3O2. The van der Waals surface area contributed by atoms with Gasteiger partial charge < -0.3 is 16.0 Å². The van der Waals surface area contributed by atoms with E-state index >= 15 is 0 Å². The Balaban J connectivity index is 1.62. The van der Waals surface area contributed by atoms with Gasteiger partial charge >= 0.3 is 0 Å². The highest BCUT2D eigenvalue weighted by atomic mass is 16.2. The van der Waals surface area contributed by atoms with Crippen molar-refractivity contribution in [2.75, 3.05) is 16.0 Å². The molecule has 2 aliphatic rings. The fourth-order valence-electron chi connectivity index (χ4n) is 3.85. The predicted octanol–water partition coefficient (Wildman–Crippen LogP) is 4.50. The number of fused-ring (bicyclic) bond motifs is 2. The van der Waals surface area contributed by atoms with Gasteiger partial charge in [-0.2, -0.15) is 0 Å². The Morgan fingerprint density at radius 1 is 0.793 bits per heavy atom. The number of hydrogen-bond donors (Lipinski definition) is 3. The van der Waals surface area contributed by atoms with E-state index < -0.39 is 0 Å². The number of anilines is 3. The molecule has 2 amide bonds. The molecule has 5 rings (SSSR count). The van der Waals surface area contributed by atoms with Gasteiger partial charge in [0.05, 0.1) is 11.3 Å². The summed E-state index contributed by atoms with van der Waals surface area (Å²) in [5.74, 6) is -0.0766. The highest BCUT2D eigenvalue weighted by molar-refractivity contribution is 6.37. The van der Waals surface area contributed by atoms with Crippen LogP contribution in [0.2, 0.25) is 0 Å². The van der Waals surface area contributed by atoms with Crippen LogP contribution in [0.15, 0.2) is 72.8 Å². The van der Waals surface area contributed by atoms with Crippen molar-refractivity contribution in [3.63, 3.8) is 0 Å². The molecule has 2 aliphatic heterocycles. The molecule has 0 unspecified atom stereocenters. The monoisotopic (exact) mass is 381 g/mol.